The van der Waals surface area contributed by atoms with Crippen LogP contribution in [0.15, 0.2) is 103 Å². The normalized spacial score (nSPS) is 11.7. The first-order valence-corrected chi connectivity index (χ1v) is 9.61. The van der Waals surface area contributed by atoms with Gasteiger partial charge in [0, 0.05) is 29.1 Å². The van der Waals surface area contributed by atoms with Crippen molar-refractivity contribution in [2.45, 2.75) is 12.8 Å². The first kappa shape index (κ1) is 18.8. The molecule has 2 nitrogen and oxygen atoms in total. The molecule has 1 unspecified atom stereocenters. The van der Waals surface area contributed by atoms with Gasteiger partial charge in [-0.3, -0.25) is 9.97 Å². The van der Waals surface area contributed by atoms with E-state index in [-0.39, 0.29) is 11.7 Å². The Morgan fingerprint density at radius 1 is 0.655 bits per heavy atom. The standard InChI is InChI=1S/C17H14FN.C9H7N/c1-12(15-6-2-3-7-16(15)18)13-8-9-17-14(11-13)5-4-10-19-17;1-2-6-9-8(4-1)5-3-7-10-9/h2-12H,1H3;1-7H. The molecule has 0 saturated carbocycles. The lowest BCUT2D eigenvalue weighted by atomic mass is 9.92. The minimum atomic E-state index is -0.152. The molecule has 0 aliphatic carbocycles. The first-order chi connectivity index (χ1) is 14.2. The molecule has 5 rings (SSSR count). The van der Waals surface area contributed by atoms with Gasteiger partial charge in [-0.2, -0.15) is 0 Å². The van der Waals surface area contributed by atoms with Crippen LogP contribution >= 0.6 is 0 Å². The zero-order valence-corrected chi connectivity index (χ0v) is 16.2. The Morgan fingerprint density at radius 2 is 1.28 bits per heavy atom. The minimum Gasteiger partial charge on any atom is -0.256 e. The van der Waals surface area contributed by atoms with Crippen LogP contribution in [0, 0.1) is 5.82 Å². The Bertz CT molecular complexity index is 1180. The smallest absolute Gasteiger partial charge is 0.127 e. The lowest BCUT2D eigenvalue weighted by Crippen LogP contribution is -1.99. The number of hydrogen-bond donors (Lipinski definition) is 0. The Kier molecular flexibility index (Phi) is 5.57. The van der Waals surface area contributed by atoms with E-state index >= 15 is 0 Å². The summed E-state index contributed by atoms with van der Waals surface area (Å²) in [6, 6.07) is 29.1. The Morgan fingerprint density at radius 3 is 2.03 bits per heavy atom. The van der Waals surface area contributed by atoms with Crippen LogP contribution in [0.1, 0.15) is 24.0 Å². The molecule has 0 N–H and O–H groups in total. The molecule has 0 radical (unpaired) electrons. The number of hydrogen-bond acceptors (Lipinski definition) is 2. The summed E-state index contributed by atoms with van der Waals surface area (Å²) in [5.74, 6) is -0.118. The summed E-state index contributed by atoms with van der Waals surface area (Å²) in [5.41, 5.74) is 3.85. The SMILES string of the molecule is CC(c1ccc2ncccc2c1)c1ccccc1F.c1ccc2ncccc2c1. The van der Waals surface area contributed by atoms with Crippen LogP contribution < -0.4 is 0 Å². The van der Waals surface area contributed by atoms with E-state index in [1.165, 1.54) is 11.5 Å². The summed E-state index contributed by atoms with van der Waals surface area (Å²) in [5, 5.41) is 2.29. The molecule has 0 spiro atoms. The van der Waals surface area contributed by atoms with Gasteiger partial charge in [0.05, 0.1) is 11.0 Å². The summed E-state index contributed by atoms with van der Waals surface area (Å²) < 4.78 is 13.8. The Labute approximate surface area is 169 Å². The van der Waals surface area contributed by atoms with Crippen molar-refractivity contribution >= 4 is 21.8 Å². The van der Waals surface area contributed by atoms with Crippen LogP contribution in [0.4, 0.5) is 4.39 Å². The van der Waals surface area contributed by atoms with E-state index in [2.05, 4.69) is 28.2 Å². The third-order valence-corrected chi connectivity index (χ3v) is 5.01. The van der Waals surface area contributed by atoms with Crippen LogP contribution in [-0.2, 0) is 0 Å². The van der Waals surface area contributed by atoms with E-state index in [0.717, 1.165) is 27.5 Å². The number of benzene rings is 3. The van der Waals surface area contributed by atoms with Gasteiger partial charge in [0.25, 0.3) is 0 Å². The van der Waals surface area contributed by atoms with Crippen molar-refractivity contribution in [3.63, 3.8) is 0 Å². The molecule has 1 atom stereocenters. The summed E-state index contributed by atoms with van der Waals surface area (Å²) in [4.78, 5) is 8.48. The molecule has 0 bridgehead atoms. The fourth-order valence-electron chi connectivity index (χ4n) is 3.39. The lowest BCUT2D eigenvalue weighted by Gasteiger charge is -2.14. The second kappa shape index (κ2) is 8.61. The maximum atomic E-state index is 13.8. The van der Waals surface area contributed by atoms with E-state index in [9.17, 15) is 4.39 Å². The molecule has 0 saturated heterocycles. The number of aromatic nitrogens is 2. The summed E-state index contributed by atoms with van der Waals surface area (Å²) in [6.45, 7) is 2.02. The molecule has 3 heteroatoms. The molecule has 0 aliphatic rings. The lowest BCUT2D eigenvalue weighted by molar-refractivity contribution is 0.603. The maximum absolute atomic E-state index is 13.8. The fraction of sp³-hybridized carbons (Fsp3) is 0.0769. The molecule has 2 heterocycles. The third kappa shape index (κ3) is 4.30. The summed E-state index contributed by atoms with van der Waals surface area (Å²) in [7, 11) is 0. The van der Waals surface area contributed by atoms with E-state index in [4.69, 9.17) is 0 Å². The number of rotatable bonds is 2. The monoisotopic (exact) mass is 380 g/mol. The van der Waals surface area contributed by atoms with E-state index in [1.807, 2.05) is 73.8 Å². The van der Waals surface area contributed by atoms with Crippen molar-refractivity contribution in [2.75, 3.05) is 0 Å². The van der Waals surface area contributed by atoms with Gasteiger partial charge in [-0.25, -0.2) is 4.39 Å². The van der Waals surface area contributed by atoms with Gasteiger partial charge in [-0.15, -0.1) is 0 Å². The van der Waals surface area contributed by atoms with Gasteiger partial charge in [0.1, 0.15) is 5.82 Å². The number of halogens is 1. The topological polar surface area (TPSA) is 25.8 Å². The summed E-state index contributed by atoms with van der Waals surface area (Å²) >= 11 is 0. The highest BCUT2D eigenvalue weighted by Gasteiger charge is 2.12. The molecule has 5 aromatic rings. The second-order valence-electron chi connectivity index (χ2n) is 6.89. The summed E-state index contributed by atoms with van der Waals surface area (Å²) in [6.07, 6.45) is 3.59. The largest absolute Gasteiger partial charge is 0.256 e. The average Bonchev–Trinajstić information content (AvgIpc) is 2.79. The van der Waals surface area contributed by atoms with Crippen LogP contribution in [0.3, 0.4) is 0 Å². The number of nitrogens with zero attached hydrogens (tertiary/aromatic N) is 2. The van der Waals surface area contributed by atoms with Crippen molar-refractivity contribution in [2.24, 2.45) is 0 Å². The zero-order chi connectivity index (χ0) is 20.1. The van der Waals surface area contributed by atoms with Gasteiger partial charge >= 0.3 is 0 Å². The third-order valence-electron chi connectivity index (χ3n) is 5.01. The molecule has 3 aromatic carbocycles. The highest BCUT2D eigenvalue weighted by molar-refractivity contribution is 5.79. The molecular weight excluding hydrogens is 359 g/mol. The predicted molar refractivity (Wildman–Crippen MR) is 117 cm³/mol. The molecular formula is C26H21FN2. The van der Waals surface area contributed by atoms with Gasteiger partial charge in [-0.05, 0) is 47.5 Å². The number of fused-ring (bicyclic) bond motifs is 2. The van der Waals surface area contributed by atoms with Crippen molar-refractivity contribution < 1.29 is 4.39 Å². The zero-order valence-electron chi connectivity index (χ0n) is 16.2. The van der Waals surface area contributed by atoms with Crippen molar-refractivity contribution in [1.29, 1.82) is 0 Å². The van der Waals surface area contributed by atoms with Gasteiger partial charge < -0.3 is 0 Å². The number of pyridine rings is 2. The van der Waals surface area contributed by atoms with Gasteiger partial charge in [-0.1, -0.05) is 61.5 Å². The molecule has 0 amide bonds. The molecule has 142 valence electrons. The molecule has 2 aromatic heterocycles. The van der Waals surface area contributed by atoms with E-state index < -0.39 is 0 Å². The highest BCUT2D eigenvalue weighted by atomic mass is 19.1. The Balaban J connectivity index is 0.000000171. The van der Waals surface area contributed by atoms with Crippen LogP contribution in [-0.4, -0.2) is 9.97 Å². The quantitative estimate of drug-likeness (QED) is 0.338. The predicted octanol–water partition coefficient (Wildman–Crippen LogP) is 6.76. The van der Waals surface area contributed by atoms with E-state index in [1.54, 1.807) is 12.3 Å². The second-order valence-corrected chi connectivity index (χ2v) is 6.89. The van der Waals surface area contributed by atoms with Crippen molar-refractivity contribution in [3.05, 3.63) is 120 Å². The minimum absolute atomic E-state index is 0.0332. The van der Waals surface area contributed by atoms with Crippen LogP contribution in [0.25, 0.3) is 21.8 Å². The Hall–Kier alpha value is -3.59. The molecule has 29 heavy (non-hydrogen) atoms. The van der Waals surface area contributed by atoms with Gasteiger partial charge in [0.15, 0.2) is 0 Å². The van der Waals surface area contributed by atoms with E-state index in [0.29, 0.717) is 0 Å². The molecule has 0 aliphatic heterocycles. The fourth-order valence-corrected chi connectivity index (χ4v) is 3.39. The van der Waals surface area contributed by atoms with Crippen molar-refractivity contribution in [3.8, 4) is 0 Å². The first-order valence-electron chi connectivity index (χ1n) is 9.61. The highest BCUT2D eigenvalue weighted by Crippen LogP contribution is 2.28. The number of para-hydroxylation sites is 1. The van der Waals surface area contributed by atoms with Crippen LogP contribution in [0.5, 0.6) is 0 Å². The molecule has 0 fully saturated rings. The van der Waals surface area contributed by atoms with Crippen LogP contribution in [0.2, 0.25) is 0 Å². The van der Waals surface area contributed by atoms with Crippen molar-refractivity contribution in [1.82, 2.24) is 9.97 Å². The van der Waals surface area contributed by atoms with Gasteiger partial charge in [0.2, 0.25) is 0 Å². The maximum Gasteiger partial charge on any atom is 0.127 e. The average molecular weight is 380 g/mol.